The molecule has 132 valence electrons. The minimum absolute atomic E-state index is 0.0284. The molecule has 1 atom stereocenters. The normalized spacial score (nSPS) is 17.0. The lowest BCUT2D eigenvalue weighted by Crippen LogP contribution is -2.36. The van der Waals surface area contributed by atoms with Gasteiger partial charge in [0.1, 0.15) is 0 Å². The summed E-state index contributed by atoms with van der Waals surface area (Å²) in [6.45, 7) is 2.05. The van der Waals surface area contributed by atoms with Gasteiger partial charge >= 0.3 is 0 Å². The Morgan fingerprint density at radius 1 is 1.12 bits per heavy atom. The maximum atomic E-state index is 12.8. The maximum Gasteiger partial charge on any atom is 0.242 e. The molecule has 0 aliphatic carbocycles. The van der Waals surface area contributed by atoms with E-state index >= 15 is 0 Å². The minimum atomic E-state index is -3.45. The average molecular weight is 358 g/mol. The molecule has 0 radical (unpaired) electrons. The van der Waals surface area contributed by atoms with Crippen LogP contribution in [0.25, 0.3) is 0 Å². The number of nitrogens with zero attached hydrogens (tertiary/aromatic N) is 2. The van der Waals surface area contributed by atoms with E-state index in [1.54, 1.807) is 24.3 Å². The number of carbonyl (C=O) groups is 1. The SMILES string of the molecule is CC1Cc2ccccc2N1C(=O)Cc1ccc(S(=O)(=O)N(C)C)cc1. The molecule has 2 aromatic rings. The molecule has 1 amide bonds. The highest BCUT2D eigenvalue weighted by Gasteiger charge is 2.30. The van der Waals surface area contributed by atoms with Crippen LogP contribution in [-0.2, 0) is 27.7 Å². The predicted molar refractivity (Wildman–Crippen MR) is 98.1 cm³/mol. The van der Waals surface area contributed by atoms with E-state index in [2.05, 4.69) is 6.07 Å². The number of anilines is 1. The Balaban J connectivity index is 1.78. The second-order valence-electron chi connectivity index (χ2n) is 6.55. The van der Waals surface area contributed by atoms with Crippen molar-refractivity contribution in [1.29, 1.82) is 0 Å². The summed E-state index contributed by atoms with van der Waals surface area (Å²) in [6.07, 6.45) is 1.11. The molecule has 0 spiro atoms. The van der Waals surface area contributed by atoms with Crippen molar-refractivity contribution < 1.29 is 13.2 Å². The molecule has 1 heterocycles. The molecule has 6 heteroatoms. The summed E-state index contributed by atoms with van der Waals surface area (Å²) in [6, 6.07) is 14.6. The Bertz CT molecular complexity index is 889. The van der Waals surface area contributed by atoms with Gasteiger partial charge in [0, 0.05) is 25.8 Å². The fraction of sp³-hybridized carbons (Fsp3) is 0.316. The number of hydrogen-bond acceptors (Lipinski definition) is 3. The van der Waals surface area contributed by atoms with E-state index in [4.69, 9.17) is 0 Å². The first-order valence-corrected chi connectivity index (χ1v) is 9.66. The third-order valence-corrected chi connectivity index (χ3v) is 6.36. The zero-order valence-corrected chi connectivity index (χ0v) is 15.5. The topological polar surface area (TPSA) is 57.7 Å². The van der Waals surface area contributed by atoms with E-state index in [0.29, 0.717) is 0 Å². The zero-order valence-electron chi connectivity index (χ0n) is 14.6. The Morgan fingerprint density at radius 3 is 2.40 bits per heavy atom. The summed E-state index contributed by atoms with van der Waals surface area (Å²) in [7, 11) is -0.451. The smallest absolute Gasteiger partial charge is 0.242 e. The van der Waals surface area contributed by atoms with Gasteiger partial charge in [-0.15, -0.1) is 0 Å². The van der Waals surface area contributed by atoms with Crippen molar-refractivity contribution in [3.63, 3.8) is 0 Å². The van der Waals surface area contributed by atoms with Gasteiger partial charge in [-0.25, -0.2) is 12.7 Å². The van der Waals surface area contributed by atoms with E-state index in [1.165, 1.54) is 24.0 Å². The van der Waals surface area contributed by atoms with Crippen molar-refractivity contribution in [2.24, 2.45) is 0 Å². The van der Waals surface area contributed by atoms with Crippen molar-refractivity contribution in [2.45, 2.75) is 30.7 Å². The van der Waals surface area contributed by atoms with Gasteiger partial charge in [-0.3, -0.25) is 4.79 Å². The van der Waals surface area contributed by atoms with Crippen LogP contribution in [0.4, 0.5) is 5.69 Å². The molecule has 5 nitrogen and oxygen atoms in total. The van der Waals surface area contributed by atoms with Crippen LogP contribution in [0.3, 0.4) is 0 Å². The first kappa shape index (κ1) is 17.6. The molecule has 2 aromatic carbocycles. The van der Waals surface area contributed by atoms with Crippen molar-refractivity contribution in [3.8, 4) is 0 Å². The molecule has 0 aromatic heterocycles. The molecule has 0 saturated heterocycles. The summed E-state index contributed by atoms with van der Waals surface area (Å²) < 4.78 is 25.4. The molecule has 1 aliphatic heterocycles. The van der Waals surface area contributed by atoms with Gasteiger partial charge in [0.25, 0.3) is 0 Å². The number of hydrogen-bond donors (Lipinski definition) is 0. The highest BCUT2D eigenvalue weighted by atomic mass is 32.2. The average Bonchev–Trinajstić information content (AvgIpc) is 2.91. The molecule has 1 aliphatic rings. The third-order valence-electron chi connectivity index (χ3n) is 4.53. The number of para-hydroxylation sites is 1. The molecule has 0 fully saturated rings. The second kappa shape index (κ2) is 6.61. The number of fused-ring (bicyclic) bond motifs is 1. The van der Waals surface area contributed by atoms with Crippen molar-refractivity contribution in [3.05, 3.63) is 59.7 Å². The Labute approximate surface area is 148 Å². The van der Waals surface area contributed by atoms with Gasteiger partial charge in [-0.1, -0.05) is 30.3 Å². The number of sulfonamides is 1. The molecular weight excluding hydrogens is 336 g/mol. The van der Waals surface area contributed by atoms with Gasteiger partial charge in [0.05, 0.1) is 11.3 Å². The lowest BCUT2D eigenvalue weighted by Gasteiger charge is -2.23. The van der Waals surface area contributed by atoms with E-state index in [0.717, 1.165) is 17.7 Å². The van der Waals surface area contributed by atoms with E-state index < -0.39 is 10.0 Å². The predicted octanol–water partition coefficient (Wildman–Crippen LogP) is 2.46. The summed E-state index contributed by atoms with van der Waals surface area (Å²) in [5, 5.41) is 0. The Morgan fingerprint density at radius 2 is 1.76 bits per heavy atom. The maximum absolute atomic E-state index is 12.8. The third kappa shape index (κ3) is 3.32. The summed E-state index contributed by atoms with van der Waals surface area (Å²) in [5.74, 6) is 0.0284. The van der Waals surface area contributed by atoms with Gasteiger partial charge in [-0.05, 0) is 42.7 Å². The highest BCUT2D eigenvalue weighted by Crippen LogP contribution is 2.32. The van der Waals surface area contributed by atoms with Gasteiger partial charge in [-0.2, -0.15) is 0 Å². The number of rotatable bonds is 4. The first-order valence-electron chi connectivity index (χ1n) is 8.22. The van der Waals surface area contributed by atoms with Crippen LogP contribution in [-0.4, -0.2) is 38.8 Å². The largest absolute Gasteiger partial charge is 0.309 e. The first-order chi connectivity index (χ1) is 11.8. The fourth-order valence-electron chi connectivity index (χ4n) is 3.20. The molecular formula is C19H22N2O3S. The summed E-state index contributed by atoms with van der Waals surface area (Å²) >= 11 is 0. The van der Waals surface area contributed by atoms with Crippen LogP contribution in [0.15, 0.2) is 53.4 Å². The van der Waals surface area contributed by atoms with Crippen molar-refractivity contribution in [2.75, 3.05) is 19.0 Å². The van der Waals surface area contributed by atoms with Crippen molar-refractivity contribution >= 4 is 21.6 Å². The van der Waals surface area contributed by atoms with Crippen LogP contribution >= 0.6 is 0 Å². The zero-order chi connectivity index (χ0) is 18.2. The quantitative estimate of drug-likeness (QED) is 0.844. The molecule has 0 N–H and O–H groups in total. The molecule has 25 heavy (non-hydrogen) atoms. The number of carbonyl (C=O) groups excluding carboxylic acids is 1. The Hall–Kier alpha value is -2.18. The molecule has 1 unspecified atom stereocenters. The van der Waals surface area contributed by atoms with Crippen molar-refractivity contribution in [1.82, 2.24) is 4.31 Å². The minimum Gasteiger partial charge on any atom is -0.309 e. The van der Waals surface area contributed by atoms with Gasteiger partial charge in [0.2, 0.25) is 15.9 Å². The number of amides is 1. The monoisotopic (exact) mass is 358 g/mol. The van der Waals surface area contributed by atoms with Gasteiger partial charge < -0.3 is 4.90 Å². The molecule has 0 saturated carbocycles. The van der Waals surface area contributed by atoms with Crippen LogP contribution in [0, 0.1) is 0 Å². The summed E-state index contributed by atoms with van der Waals surface area (Å²) in [4.78, 5) is 14.9. The molecule has 3 rings (SSSR count). The number of benzene rings is 2. The van der Waals surface area contributed by atoms with Gasteiger partial charge in [0.15, 0.2) is 0 Å². The molecule has 0 bridgehead atoms. The van der Waals surface area contributed by atoms with E-state index in [-0.39, 0.29) is 23.3 Å². The van der Waals surface area contributed by atoms with Crippen LogP contribution in [0.1, 0.15) is 18.1 Å². The standard InChI is InChI=1S/C19H22N2O3S/c1-14-12-16-6-4-5-7-18(16)21(14)19(22)13-15-8-10-17(11-9-15)25(23,24)20(2)3/h4-11,14H,12-13H2,1-3H3. The second-order valence-corrected chi connectivity index (χ2v) is 8.71. The Kier molecular flexibility index (Phi) is 4.67. The van der Waals surface area contributed by atoms with E-state index in [9.17, 15) is 13.2 Å². The fourth-order valence-corrected chi connectivity index (χ4v) is 4.10. The lowest BCUT2D eigenvalue weighted by molar-refractivity contribution is -0.118. The van der Waals surface area contributed by atoms with E-state index in [1.807, 2.05) is 30.0 Å². The summed E-state index contributed by atoms with van der Waals surface area (Å²) in [5.41, 5.74) is 2.97. The lowest BCUT2D eigenvalue weighted by atomic mass is 10.1. The highest BCUT2D eigenvalue weighted by molar-refractivity contribution is 7.89. The van der Waals surface area contributed by atoms with Crippen LogP contribution in [0.5, 0.6) is 0 Å². The van der Waals surface area contributed by atoms with Crippen LogP contribution < -0.4 is 4.90 Å². The van der Waals surface area contributed by atoms with Crippen LogP contribution in [0.2, 0.25) is 0 Å².